The van der Waals surface area contributed by atoms with Crippen LogP contribution in [0.15, 0.2) is 0 Å². The number of sulfonamides is 1. The molecule has 1 aromatic heterocycles. The monoisotopic (exact) mass is 381 g/mol. The fourth-order valence-corrected chi connectivity index (χ4v) is 4.81. The van der Waals surface area contributed by atoms with Gasteiger partial charge in [0.25, 0.3) is 0 Å². The van der Waals surface area contributed by atoms with Crippen LogP contribution >= 0.6 is 0 Å². The van der Waals surface area contributed by atoms with Crippen LogP contribution in [0.4, 0.5) is 0 Å². The number of aromatic nitrogens is 2. The molecule has 1 unspecified atom stereocenters. The van der Waals surface area contributed by atoms with Crippen molar-refractivity contribution in [3.63, 3.8) is 0 Å². The minimum atomic E-state index is -3.18. The van der Waals surface area contributed by atoms with E-state index in [1.807, 2.05) is 0 Å². The van der Waals surface area contributed by atoms with Crippen molar-refractivity contribution >= 4 is 10.0 Å². The molecular weight excluding hydrogens is 354 g/mol. The minimum absolute atomic E-state index is 0.131. The Labute approximate surface area is 155 Å². The standard InChI is InChI=1S/C18H27N3O4S/c1-2-26(22,23)21-9-3-4-14(12-21)25-18-15-7-10-24-11-8-16(15)19-17(20-18)13-5-6-13/h13-14H,2-12H2,1H3. The van der Waals surface area contributed by atoms with Crippen molar-refractivity contribution in [3.8, 4) is 5.88 Å². The molecule has 144 valence electrons. The zero-order valence-corrected chi connectivity index (χ0v) is 16.1. The van der Waals surface area contributed by atoms with Gasteiger partial charge in [-0.2, -0.15) is 9.29 Å². The predicted octanol–water partition coefficient (Wildman–Crippen LogP) is 1.66. The summed E-state index contributed by atoms with van der Waals surface area (Å²) in [5.41, 5.74) is 2.09. The number of rotatable bonds is 5. The van der Waals surface area contributed by atoms with E-state index >= 15 is 0 Å². The van der Waals surface area contributed by atoms with Crippen molar-refractivity contribution in [2.75, 3.05) is 32.1 Å². The molecule has 1 saturated heterocycles. The molecule has 4 rings (SSSR count). The lowest BCUT2D eigenvalue weighted by Crippen LogP contribution is -2.45. The van der Waals surface area contributed by atoms with Gasteiger partial charge in [0.1, 0.15) is 11.9 Å². The van der Waals surface area contributed by atoms with E-state index in [-0.39, 0.29) is 11.9 Å². The summed E-state index contributed by atoms with van der Waals surface area (Å²) in [7, 11) is -3.18. The molecule has 1 aromatic rings. The van der Waals surface area contributed by atoms with Crippen LogP contribution in [0.1, 0.15) is 55.6 Å². The van der Waals surface area contributed by atoms with Crippen molar-refractivity contribution in [2.45, 2.75) is 57.5 Å². The van der Waals surface area contributed by atoms with Gasteiger partial charge in [0.15, 0.2) is 0 Å². The molecule has 2 aliphatic heterocycles. The van der Waals surface area contributed by atoms with Crippen molar-refractivity contribution in [2.24, 2.45) is 0 Å². The summed E-state index contributed by atoms with van der Waals surface area (Å²) in [4.78, 5) is 9.51. The van der Waals surface area contributed by atoms with Gasteiger partial charge < -0.3 is 9.47 Å². The number of hydrogen-bond acceptors (Lipinski definition) is 6. The topological polar surface area (TPSA) is 81.6 Å². The van der Waals surface area contributed by atoms with E-state index < -0.39 is 10.0 Å². The maximum Gasteiger partial charge on any atom is 0.220 e. The Morgan fingerprint density at radius 3 is 2.77 bits per heavy atom. The first kappa shape index (κ1) is 18.1. The van der Waals surface area contributed by atoms with Crippen LogP contribution in [0.3, 0.4) is 0 Å². The highest BCUT2D eigenvalue weighted by molar-refractivity contribution is 7.89. The average molecular weight is 381 g/mol. The van der Waals surface area contributed by atoms with E-state index in [0.717, 1.165) is 55.6 Å². The first-order valence-corrected chi connectivity index (χ1v) is 11.3. The number of hydrogen-bond donors (Lipinski definition) is 0. The lowest BCUT2D eigenvalue weighted by Gasteiger charge is -2.32. The van der Waals surface area contributed by atoms with Crippen molar-refractivity contribution in [3.05, 3.63) is 17.1 Å². The minimum Gasteiger partial charge on any atom is -0.473 e. The van der Waals surface area contributed by atoms with Crippen molar-refractivity contribution in [1.82, 2.24) is 14.3 Å². The summed E-state index contributed by atoms with van der Waals surface area (Å²) in [5, 5.41) is 0. The predicted molar refractivity (Wildman–Crippen MR) is 96.9 cm³/mol. The molecule has 7 nitrogen and oxygen atoms in total. The van der Waals surface area contributed by atoms with Gasteiger partial charge in [-0.15, -0.1) is 0 Å². The van der Waals surface area contributed by atoms with Crippen LogP contribution in [-0.4, -0.2) is 60.9 Å². The third-order valence-corrected chi connectivity index (χ3v) is 7.22. The zero-order chi connectivity index (χ0) is 18.1. The highest BCUT2D eigenvalue weighted by atomic mass is 32.2. The Hall–Kier alpha value is -1.25. The number of nitrogens with zero attached hydrogens (tertiary/aromatic N) is 3. The quantitative estimate of drug-likeness (QED) is 0.772. The Bertz CT molecular complexity index is 764. The number of fused-ring (bicyclic) bond motifs is 1. The molecule has 0 N–H and O–H groups in total. The van der Waals surface area contributed by atoms with Gasteiger partial charge in [0.2, 0.25) is 15.9 Å². The summed E-state index contributed by atoms with van der Waals surface area (Å²) in [6.45, 7) is 4.01. The maximum atomic E-state index is 12.2. The summed E-state index contributed by atoms with van der Waals surface area (Å²) >= 11 is 0. The van der Waals surface area contributed by atoms with Crippen LogP contribution in [0.2, 0.25) is 0 Å². The molecule has 0 amide bonds. The summed E-state index contributed by atoms with van der Waals surface area (Å²) in [6.07, 6.45) is 5.33. The van der Waals surface area contributed by atoms with Gasteiger partial charge in [0, 0.05) is 30.9 Å². The van der Waals surface area contributed by atoms with Crippen molar-refractivity contribution in [1.29, 1.82) is 0 Å². The fraction of sp³-hybridized carbons (Fsp3) is 0.778. The second-order valence-corrected chi connectivity index (χ2v) is 9.60. The highest BCUT2D eigenvalue weighted by Crippen LogP contribution is 2.40. The molecule has 8 heteroatoms. The van der Waals surface area contributed by atoms with Crippen LogP contribution in [0.25, 0.3) is 0 Å². The van der Waals surface area contributed by atoms with E-state index in [1.54, 1.807) is 11.2 Å². The van der Waals surface area contributed by atoms with E-state index in [9.17, 15) is 8.42 Å². The molecule has 0 bridgehead atoms. The van der Waals surface area contributed by atoms with Crippen LogP contribution in [0.5, 0.6) is 5.88 Å². The van der Waals surface area contributed by atoms with Gasteiger partial charge >= 0.3 is 0 Å². The molecule has 26 heavy (non-hydrogen) atoms. The first-order chi connectivity index (χ1) is 12.6. The summed E-state index contributed by atoms with van der Waals surface area (Å²) in [5.74, 6) is 2.12. The normalized spacial score (nSPS) is 24.7. The first-order valence-electron chi connectivity index (χ1n) is 9.68. The zero-order valence-electron chi connectivity index (χ0n) is 15.3. The van der Waals surface area contributed by atoms with Crippen LogP contribution in [-0.2, 0) is 27.6 Å². The summed E-state index contributed by atoms with van der Waals surface area (Å²) in [6, 6.07) is 0. The lowest BCUT2D eigenvalue weighted by atomic mass is 10.1. The second kappa shape index (κ2) is 7.40. The molecule has 0 radical (unpaired) electrons. The largest absolute Gasteiger partial charge is 0.473 e. The Balaban J connectivity index is 1.58. The molecule has 2 fully saturated rings. The molecular formula is C18H27N3O4S. The molecule has 1 saturated carbocycles. The molecule has 3 aliphatic rings. The van der Waals surface area contributed by atoms with Gasteiger partial charge in [-0.1, -0.05) is 0 Å². The second-order valence-electron chi connectivity index (χ2n) is 7.34. The third kappa shape index (κ3) is 3.87. The van der Waals surface area contributed by atoms with E-state index in [0.29, 0.717) is 38.1 Å². The summed E-state index contributed by atoms with van der Waals surface area (Å²) < 4.78 is 37.9. The van der Waals surface area contributed by atoms with Crippen LogP contribution in [0, 0.1) is 0 Å². The van der Waals surface area contributed by atoms with Crippen LogP contribution < -0.4 is 4.74 Å². The average Bonchev–Trinajstić information content (AvgIpc) is 3.48. The van der Waals surface area contributed by atoms with Gasteiger partial charge in [0.05, 0.1) is 31.2 Å². The molecule has 3 heterocycles. The Kier molecular flexibility index (Phi) is 5.16. The van der Waals surface area contributed by atoms with Gasteiger partial charge in [-0.3, -0.25) is 0 Å². The molecule has 0 aromatic carbocycles. The Morgan fingerprint density at radius 1 is 1.19 bits per heavy atom. The molecule has 1 aliphatic carbocycles. The number of piperidine rings is 1. The van der Waals surface area contributed by atoms with Gasteiger partial charge in [-0.05, 0) is 32.6 Å². The van der Waals surface area contributed by atoms with E-state index in [4.69, 9.17) is 19.4 Å². The van der Waals surface area contributed by atoms with E-state index in [2.05, 4.69) is 0 Å². The fourth-order valence-electron chi connectivity index (χ4n) is 3.64. The molecule has 0 spiro atoms. The smallest absolute Gasteiger partial charge is 0.220 e. The lowest BCUT2D eigenvalue weighted by molar-refractivity contribution is 0.121. The molecule has 1 atom stereocenters. The third-order valence-electron chi connectivity index (χ3n) is 5.37. The Morgan fingerprint density at radius 2 is 2.00 bits per heavy atom. The number of ether oxygens (including phenoxy) is 2. The maximum absolute atomic E-state index is 12.2. The van der Waals surface area contributed by atoms with Gasteiger partial charge in [-0.25, -0.2) is 13.4 Å². The SMILES string of the molecule is CCS(=O)(=O)N1CCCC(Oc2nc(C3CC3)nc3c2CCOCC3)C1. The van der Waals surface area contributed by atoms with E-state index in [1.165, 1.54) is 0 Å². The highest BCUT2D eigenvalue weighted by Gasteiger charge is 2.32. The van der Waals surface area contributed by atoms with Crippen molar-refractivity contribution < 1.29 is 17.9 Å².